The van der Waals surface area contributed by atoms with Crippen LogP contribution in [0, 0.1) is 0 Å². The van der Waals surface area contributed by atoms with E-state index in [0.29, 0.717) is 29.7 Å². The first-order valence-electron chi connectivity index (χ1n) is 16.3. The van der Waals surface area contributed by atoms with Crippen molar-refractivity contribution >= 4 is 28.5 Å². The van der Waals surface area contributed by atoms with Crippen molar-refractivity contribution in [3.63, 3.8) is 0 Å². The molecule has 46 heavy (non-hydrogen) atoms. The van der Waals surface area contributed by atoms with Gasteiger partial charge in [-0.2, -0.15) is 4.98 Å². The minimum atomic E-state index is -0.633. The highest BCUT2D eigenvalue weighted by Gasteiger charge is 2.48. The Bertz CT molecular complexity index is 1710. The highest BCUT2D eigenvalue weighted by Crippen LogP contribution is 2.35. The van der Waals surface area contributed by atoms with E-state index < -0.39 is 6.10 Å². The molecule has 11 heteroatoms. The first-order chi connectivity index (χ1) is 22.4. The molecular formula is C35H39ClN5O5+. The lowest BCUT2D eigenvalue weighted by Crippen LogP contribution is -2.67. The van der Waals surface area contributed by atoms with Crippen molar-refractivity contribution in [1.82, 2.24) is 20.2 Å². The molecule has 240 valence electrons. The third-order valence-electron chi connectivity index (χ3n) is 10.2. The number of hydrogen-bond acceptors (Lipinski definition) is 7. The number of hydrogen-bond donors (Lipinski definition) is 3. The molecule has 0 unspecified atom stereocenters. The molecular weight excluding hydrogens is 606 g/mol. The third kappa shape index (κ3) is 5.78. The average Bonchev–Trinajstić information content (AvgIpc) is 3.79. The van der Waals surface area contributed by atoms with Crippen molar-refractivity contribution in [2.45, 2.75) is 30.8 Å². The molecule has 0 saturated carbocycles. The summed E-state index contributed by atoms with van der Waals surface area (Å²) >= 11 is 6.71. The second-order valence-corrected chi connectivity index (χ2v) is 13.5. The van der Waals surface area contributed by atoms with Gasteiger partial charge < -0.3 is 34.1 Å². The summed E-state index contributed by atoms with van der Waals surface area (Å²) in [6, 6.07) is 20.1. The van der Waals surface area contributed by atoms with Gasteiger partial charge in [0.15, 0.2) is 6.10 Å². The number of aliphatic hydroxyl groups excluding tert-OH is 1. The van der Waals surface area contributed by atoms with E-state index in [1.807, 2.05) is 48.5 Å². The Morgan fingerprint density at radius 1 is 0.978 bits per heavy atom. The van der Waals surface area contributed by atoms with Crippen molar-refractivity contribution in [3.05, 3.63) is 71.2 Å². The van der Waals surface area contributed by atoms with Crippen LogP contribution < -0.4 is 10.1 Å². The van der Waals surface area contributed by atoms with Gasteiger partial charge in [0.1, 0.15) is 18.3 Å². The van der Waals surface area contributed by atoms with Gasteiger partial charge in [-0.3, -0.25) is 9.69 Å². The second-order valence-electron chi connectivity index (χ2n) is 13.1. The number of imidazole rings is 1. The second kappa shape index (κ2) is 12.3. The maximum absolute atomic E-state index is 12.8. The molecule has 3 N–H and O–H groups in total. The van der Waals surface area contributed by atoms with Crippen LogP contribution in [0.4, 0.5) is 0 Å². The monoisotopic (exact) mass is 644 g/mol. The van der Waals surface area contributed by atoms with Gasteiger partial charge in [-0.1, -0.05) is 48.0 Å². The summed E-state index contributed by atoms with van der Waals surface area (Å²) < 4.78 is 18.6. The average molecular weight is 645 g/mol. The number of halogens is 1. The number of benzene rings is 3. The van der Waals surface area contributed by atoms with Gasteiger partial charge in [-0.15, -0.1) is 0 Å². The molecule has 1 amide bonds. The molecule has 1 aromatic heterocycles. The number of aromatic nitrogens is 2. The predicted octanol–water partition coefficient (Wildman–Crippen LogP) is 3.72. The van der Waals surface area contributed by atoms with Crippen molar-refractivity contribution < 1.29 is 28.6 Å². The van der Waals surface area contributed by atoms with Crippen molar-refractivity contribution in [2.24, 2.45) is 0 Å². The van der Waals surface area contributed by atoms with Crippen molar-refractivity contribution in [2.75, 3.05) is 65.6 Å². The minimum absolute atomic E-state index is 0.0197. The first kappa shape index (κ1) is 29.9. The molecule has 6 heterocycles. The van der Waals surface area contributed by atoms with Crippen LogP contribution in [0.1, 0.15) is 16.8 Å². The number of aromatic amines is 1. The quantitative estimate of drug-likeness (QED) is 0.188. The van der Waals surface area contributed by atoms with Crippen LogP contribution in [-0.2, 0) is 9.47 Å². The summed E-state index contributed by atoms with van der Waals surface area (Å²) in [5.74, 6) is -0.0197. The standard InChI is InChI=1S/C35H38ClN5O5/c36-27-19-29-28(38-35(39-29)46-31-21-45-32-30(42)20-44-33(31)32)18-26(27)24-6-2-22(3-7-24)23-4-8-25(9-5-23)34(43)37-10-1-14-41-15-11-40(12-16-41)13-17-41/h2-9,18-19,30-33,42H,1,10-17,20-21H2,(H-,37,38,39,43)/p+1/t30-,31-,32-,33-/m1/s1. The Balaban J connectivity index is 0.885. The lowest BCUT2D eigenvalue weighted by molar-refractivity contribution is -0.941. The number of aliphatic hydroxyl groups is 1. The summed E-state index contributed by atoms with van der Waals surface area (Å²) in [5, 5.41) is 13.7. The molecule has 2 bridgehead atoms. The van der Waals surface area contributed by atoms with Crippen LogP contribution in [0.25, 0.3) is 33.3 Å². The number of piperazine rings is 3. The van der Waals surface area contributed by atoms with Gasteiger partial charge in [0, 0.05) is 43.7 Å². The van der Waals surface area contributed by atoms with E-state index in [0.717, 1.165) is 46.3 Å². The molecule has 9 rings (SSSR count). The number of nitrogens with one attached hydrogen (secondary N) is 2. The fourth-order valence-electron chi connectivity index (χ4n) is 7.41. The summed E-state index contributed by atoms with van der Waals surface area (Å²) in [6.45, 7) is 9.84. The SMILES string of the molecule is O=C(NCCC[N+]12CCN(CC1)CC2)c1ccc(-c2ccc(-c3cc4nc(O[C@@H]5CO[C@H]6[C@@H]5OC[C@H]6O)[nH]c4cc3Cl)cc2)cc1. The molecule has 4 aromatic rings. The number of carbonyl (C=O) groups excluding carboxylic acids is 1. The molecule has 5 saturated heterocycles. The zero-order valence-electron chi connectivity index (χ0n) is 25.7. The van der Waals surface area contributed by atoms with E-state index in [1.165, 1.54) is 43.8 Å². The van der Waals surface area contributed by atoms with Gasteiger partial charge in [0.25, 0.3) is 11.9 Å². The number of amides is 1. The predicted molar refractivity (Wildman–Crippen MR) is 175 cm³/mol. The molecule has 0 radical (unpaired) electrons. The van der Waals surface area contributed by atoms with Crippen LogP contribution in [0.2, 0.25) is 5.02 Å². The van der Waals surface area contributed by atoms with Crippen LogP contribution in [0.3, 0.4) is 0 Å². The largest absolute Gasteiger partial charge is 0.456 e. The lowest BCUT2D eigenvalue weighted by Gasteiger charge is -2.50. The van der Waals surface area contributed by atoms with E-state index in [9.17, 15) is 9.90 Å². The highest BCUT2D eigenvalue weighted by molar-refractivity contribution is 6.34. The number of rotatable bonds is 9. The highest BCUT2D eigenvalue weighted by atomic mass is 35.5. The van der Waals surface area contributed by atoms with E-state index in [-0.39, 0.29) is 30.8 Å². The van der Waals surface area contributed by atoms with Crippen LogP contribution >= 0.6 is 11.6 Å². The Hall–Kier alpha value is -3.51. The zero-order chi connectivity index (χ0) is 31.3. The fraction of sp³-hybridized carbons (Fsp3) is 0.429. The molecule has 5 fully saturated rings. The summed E-state index contributed by atoms with van der Waals surface area (Å²) in [6.07, 6.45) is -0.651. The third-order valence-corrected chi connectivity index (χ3v) is 10.5. The molecule has 4 atom stereocenters. The Morgan fingerprint density at radius 2 is 1.65 bits per heavy atom. The van der Waals surface area contributed by atoms with Gasteiger partial charge in [0.05, 0.1) is 55.4 Å². The topological polar surface area (TPSA) is 109 Å². The zero-order valence-corrected chi connectivity index (χ0v) is 26.4. The molecule has 0 aliphatic carbocycles. The maximum atomic E-state index is 12.8. The number of H-pyrrole nitrogens is 1. The van der Waals surface area contributed by atoms with E-state index in [1.54, 1.807) is 0 Å². The lowest BCUT2D eigenvalue weighted by atomic mass is 9.99. The van der Waals surface area contributed by atoms with E-state index in [2.05, 4.69) is 32.3 Å². The normalized spacial score (nSPS) is 28.4. The molecule has 0 spiro atoms. The van der Waals surface area contributed by atoms with Gasteiger partial charge >= 0.3 is 0 Å². The Morgan fingerprint density at radius 3 is 2.39 bits per heavy atom. The van der Waals surface area contributed by atoms with Crippen molar-refractivity contribution in [1.29, 1.82) is 0 Å². The summed E-state index contributed by atoms with van der Waals surface area (Å²) in [7, 11) is 0. The van der Waals surface area contributed by atoms with Gasteiger partial charge in [0.2, 0.25) is 0 Å². The number of quaternary nitrogens is 1. The molecule has 5 aliphatic heterocycles. The van der Waals surface area contributed by atoms with Crippen LogP contribution in [0.5, 0.6) is 6.01 Å². The van der Waals surface area contributed by atoms with Crippen LogP contribution in [0.15, 0.2) is 60.7 Å². The number of fused-ring (bicyclic) bond motifs is 5. The maximum Gasteiger partial charge on any atom is 0.295 e. The van der Waals surface area contributed by atoms with E-state index in [4.69, 9.17) is 25.8 Å². The van der Waals surface area contributed by atoms with Crippen LogP contribution in [-0.4, -0.2) is 120 Å². The molecule has 5 aliphatic rings. The first-order valence-corrected chi connectivity index (χ1v) is 16.6. The fourth-order valence-corrected chi connectivity index (χ4v) is 7.69. The van der Waals surface area contributed by atoms with E-state index >= 15 is 0 Å². The van der Waals surface area contributed by atoms with Gasteiger partial charge in [-0.25, -0.2) is 0 Å². The molecule has 10 nitrogen and oxygen atoms in total. The summed E-state index contributed by atoms with van der Waals surface area (Å²) in [4.78, 5) is 23.2. The smallest absolute Gasteiger partial charge is 0.295 e. The Kier molecular flexibility index (Phi) is 7.96. The number of carbonyl (C=O) groups is 1. The summed E-state index contributed by atoms with van der Waals surface area (Å²) in [5.41, 5.74) is 6.09. The molecule has 3 aromatic carbocycles. The van der Waals surface area contributed by atoms with Gasteiger partial charge in [-0.05, 0) is 41.0 Å². The Labute approximate surface area is 272 Å². The van der Waals surface area contributed by atoms with Crippen molar-refractivity contribution in [3.8, 4) is 28.3 Å². The minimum Gasteiger partial charge on any atom is -0.456 e. The number of nitrogens with zero attached hydrogens (tertiary/aromatic N) is 3. The number of ether oxygens (including phenoxy) is 3.